The number of nitrogens with zero attached hydrogens (tertiary/aromatic N) is 2. The maximum atomic E-state index is 8.96. The summed E-state index contributed by atoms with van der Waals surface area (Å²) in [5, 5.41) is 17.4. The molecule has 0 fully saturated rings. The maximum Gasteiger partial charge on any atom is 0.0682 e. The molecule has 0 saturated carbocycles. The largest absolute Gasteiger partial charge is 0.392 e. The van der Waals surface area contributed by atoms with Crippen LogP contribution in [0.25, 0.3) is 0 Å². The van der Waals surface area contributed by atoms with Gasteiger partial charge in [-0.1, -0.05) is 6.07 Å². The summed E-state index contributed by atoms with van der Waals surface area (Å²) in [7, 11) is 1.94. The molecule has 0 spiro atoms. The lowest BCUT2D eigenvalue weighted by molar-refractivity contribution is 0.282. The van der Waals surface area contributed by atoms with Crippen LogP contribution in [0.1, 0.15) is 12.0 Å². The molecule has 1 aromatic rings. The highest BCUT2D eigenvalue weighted by Gasteiger charge is 2.05. The smallest absolute Gasteiger partial charge is 0.0682 e. The van der Waals surface area contributed by atoms with Crippen LogP contribution in [-0.2, 0) is 6.61 Å². The first kappa shape index (κ1) is 12.0. The van der Waals surface area contributed by atoms with Crippen LogP contribution in [0.2, 0.25) is 0 Å². The summed E-state index contributed by atoms with van der Waals surface area (Å²) in [6.07, 6.45) is 0.505. The molecule has 0 aromatic heterocycles. The van der Waals surface area contributed by atoms with E-state index in [4.69, 9.17) is 10.4 Å². The molecule has 1 aromatic carbocycles. The molecule has 0 unspecified atom stereocenters. The first-order valence-electron chi connectivity index (χ1n) is 4.66. The Labute approximate surface area is 98.1 Å². The summed E-state index contributed by atoms with van der Waals surface area (Å²) in [5.74, 6) is 0. The summed E-state index contributed by atoms with van der Waals surface area (Å²) in [6, 6.07) is 7.82. The zero-order valence-electron chi connectivity index (χ0n) is 8.57. The van der Waals surface area contributed by atoms with Gasteiger partial charge in [0.2, 0.25) is 0 Å². The Morgan fingerprint density at radius 1 is 1.53 bits per heavy atom. The molecule has 0 aliphatic rings. The van der Waals surface area contributed by atoms with Gasteiger partial charge in [0.15, 0.2) is 0 Å². The summed E-state index contributed by atoms with van der Waals surface area (Å²) in [6.45, 7) is 0.744. The van der Waals surface area contributed by atoms with Gasteiger partial charge >= 0.3 is 0 Å². The Kier molecular flexibility index (Phi) is 4.60. The van der Waals surface area contributed by atoms with Crippen molar-refractivity contribution in [3.8, 4) is 6.07 Å². The van der Waals surface area contributed by atoms with Crippen LogP contribution in [0.5, 0.6) is 0 Å². The fourth-order valence-corrected chi connectivity index (χ4v) is 2.03. The van der Waals surface area contributed by atoms with E-state index in [9.17, 15) is 0 Å². The van der Waals surface area contributed by atoms with Gasteiger partial charge in [-0.05, 0) is 33.6 Å². The van der Waals surface area contributed by atoms with Crippen LogP contribution in [-0.4, -0.2) is 18.7 Å². The minimum Gasteiger partial charge on any atom is -0.392 e. The van der Waals surface area contributed by atoms with Crippen LogP contribution in [0.4, 0.5) is 5.69 Å². The zero-order valence-corrected chi connectivity index (χ0v) is 10.2. The van der Waals surface area contributed by atoms with E-state index in [1.54, 1.807) is 0 Å². The van der Waals surface area contributed by atoms with Crippen LogP contribution in [0.15, 0.2) is 22.7 Å². The van der Waals surface area contributed by atoms with E-state index in [-0.39, 0.29) is 6.61 Å². The van der Waals surface area contributed by atoms with Gasteiger partial charge in [0.05, 0.1) is 24.8 Å². The molecule has 3 nitrogen and oxygen atoms in total. The molecule has 80 valence electrons. The Morgan fingerprint density at radius 2 is 2.27 bits per heavy atom. The van der Waals surface area contributed by atoms with Gasteiger partial charge in [-0.15, -0.1) is 0 Å². The molecule has 15 heavy (non-hydrogen) atoms. The number of aliphatic hydroxyl groups excluding tert-OH is 1. The lowest BCUT2D eigenvalue weighted by atomic mass is 10.2. The zero-order chi connectivity index (χ0) is 11.3. The van der Waals surface area contributed by atoms with Crippen molar-refractivity contribution in [3.63, 3.8) is 0 Å². The van der Waals surface area contributed by atoms with Gasteiger partial charge in [0.1, 0.15) is 0 Å². The number of nitriles is 1. The Balaban J connectivity index is 2.81. The lowest BCUT2D eigenvalue weighted by Crippen LogP contribution is -2.18. The van der Waals surface area contributed by atoms with Gasteiger partial charge in [-0.3, -0.25) is 0 Å². The van der Waals surface area contributed by atoms with E-state index in [0.717, 1.165) is 15.7 Å². The molecule has 0 amide bonds. The molecule has 0 atom stereocenters. The van der Waals surface area contributed by atoms with Crippen LogP contribution in [0.3, 0.4) is 0 Å². The third-order valence-corrected chi connectivity index (χ3v) is 2.80. The number of hydrogen-bond acceptors (Lipinski definition) is 3. The summed E-state index contributed by atoms with van der Waals surface area (Å²) >= 11 is 3.44. The first-order chi connectivity index (χ1) is 7.19. The van der Waals surface area contributed by atoms with E-state index in [0.29, 0.717) is 13.0 Å². The molecule has 1 N–H and O–H groups in total. The van der Waals surface area contributed by atoms with E-state index >= 15 is 0 Å². The Hall–Kier alpha value is -1.05. The third kappa shape index (κ3) is 3.22. The number of anilines is 1. The van der Waals surface area contributed by atoms with Gasteiger partial charge in [0.25, 0.3) is 0 Å². The maximum absolute atomic E-state index is 8.96. The van der Waals surface area contributed by atoms with Crippen molar-refractivity contribution in [2.75, 3.05) is 18.5 Å². The minimum atomic E-state index is 0.0425. The highest BCUT2D eigenvalue weighted by molar-refractivity contribution is 9.10. The molecule has 0 saturated heterocycles. The minimum absolute atomic E-state index is 0.0425. The lowest BCUT2D eigenvalue weighted by Gasteiger charge is -2.19. The molecule has 1 rings (SSSR count). The van der Waals surface area contributed by atoms with Crippen molar-refractivity contribution in [2.45, 2.75) is 13.0 Å². The monoisotopic (exact) mass is 268 g/mol. The first-order valence-corrected chi connectivity index (χ1v) is 5.45. The van der Waals surface area contributed by atoms with Gasteiger partial charge in [-0.25, -0.2) is 0 Å². The topological polar surface area (TPSA) is 47.3 Å². The van der Waals surface area contributed by atoms with E-state index < -0.39 is 0 Å². The summed E-state index contributed by atoms with van der Waals surface area (Å²) < 4.78 is 0.939. The third-order valence-electron chi connectivity index (χ3n) is 2.16. The van der Waals surface area contributed by atoms with Crippen LogP contribution in [0, 0.1) is 11.3 Å². The second-order valence-electron chi connectivity index (χ2n) is 3.27. The van der Waals surface area contributed by atoms with Crippen molar-refractivity contribution in [1.29, 1.82) is 5.26 Å². The van der Waals surface area contributed by atoms with Gasteiger partial charge in [-0.2, -0.15) is 5.26 Å². The van der Waals surface area contributed by atoms with Crippen LogP contribution < -0.4 is 4.90 Å². The summed E-state index contributed by atoms with van der Waals surface area (Å²) in [5.41, 5.74) is 1.90. The van der Waals surface area contributed by atoms with Crippen molar-refractivity contribution >= 4 is 21.6 Å². The van der Waals surface area contributed by atoms with E-state index in [1.165, 1.54) is 0 Å². The van der Waals surface area contributed by atoms with Crippen molar-refractivity contribution in [2.24, 2.45) is 0 Å². The molecule has 4 heteroatoms. The normalized spacial score (nSPS) is 9.73. The standard InChI is InChI=1S/C11H13BrN2O/c1-14(6-2-5-13)11-4-3-9(8-15)7-10(11)12/h3-4,7,15H,2,6,8H2,1H3. The number of hydrogen-bond donors (Lipinski definition) is 1. The molecule has 0 heterocycles. The highest BCUT2D eigenvalue weighted by atomic mass is 79.9. The van der Waals surface area contributed by atoms with E-state index in [1.807, 2.05) is 30.1 Å². The van der Waals surface area contributed by atoms with Crippen molar-refractivity contribution in [3.05, 3.63) is 28.2 Å². The SMILES string of the molecule is CN(CCC#N)c1ccc(CO)cc1Br. The number of aliphatic hydroxyl groups is 1. The number of halogens is 1. The van der Waals surface area contributed by atoms with Crippen molar-refractivity contribution in [1.82, 2.24) is 0 Å². The highest BCUT2D eigenvalue weighted by Crippen LogP contribution is 2.26. The van der Waals surface area contributed by atoms with Crippen molar-refractivity contribution < 1.29 is 5.11 Å². The average Bonchev–Trinajstić information content (AvgIpc) is 2.25. The fraction of sp³-hybridized carbons (Fsp3) is 0.364. The fourth-order valence-electron chi connectivity index (χ4n) is 1.30. The molecule has 0 radical (unpaired) electrons. The Bertz CT molecular complexity index is 373. The second kappa shape index (κ2) is 5.74. The molecule has 0 bridgehead atoms. The Morgan fingerprint density at radius 3 is 2.80 bits per heavy atom. The van der Waals surface area contributed by atoms with Gasteiger partial charge in [0, 0.05) is 18.1 Å². The summed E-state index contributed by atoms with van der Waals surface area (Å²) in [4.78, 5) is 2.01. The molecular weight excluding hydrogens is 256 g/mol. The number of benzene rings is 1. The molecule has 0 aliphatic heterocycles. The quantitative estimate of drug-likeness (QED) is 0.912. The second-order valence-corrected chi connectivity index (χ2v) is 4.13. The molecular formula is C11H13BrN2O. The average molecular weight is 269 g/mol. The predicted molar refractivity (Wildman–Crippen MR) is 63.6 cm³/mol. The van der Waals surface area contributed by atoms with E-state index in [2.05, 4.69) is 22.0 Å². The van der Waals surface area contributed by atoms with Gasteiger partial charge < -0.3 is 10.0 Å². The molecule has 0 aliphatic carbocycles. The predicted octanol–water partition coefficient (Wildman–Crippen LogP) is 2.29. The van der Waals surface area contributed by atoms with Crippen LogP contribution >= 0.6 is 15.9 Å². The number of rotatable bonds is 4.